The second-order valence-electron chi connectivity index (χ2n) is 18.4. The van der Waals surface area contributed by atoms with Crippen molar-refractivity contribution >= 4 is 45.0 Å². The fourth-order valence-electron chi connectivity index (χ4n) is 5.71. The van der Waals surface area contributed by atoms with E-state index in [1.807, 2.05) is 55.5 Å². The average Bonchev–Trinajstić information content (AvgIpc) is 3.71. The number of aryl methyl sites for hydroxylation is 1. The Morgan fingerprint density at radius 2 is 1.55 bits per heavy atom. The molecule has 11 nitrogen and oxygen atoms in total. The number of fused-ring (bicyclic) bond motifs is 1. The van der Waals surface area contributed by atoms with Crippen LogP contribution in [-0.2, 0) is 33.8 Å². The Kier molecular flexibility index (Phi) is 12.5. The number of carbonyl (C=O) groups is 2. The predicted octanol–water partition coefficient (Wildman–Crippen LogP) is 9.89. The molecule has 1 N–H and O–H groups in total. The van der Waals surface area contributed by atoms with Gasteiger partial charge < -0.3 is 19.2 Å². The van der Waals surface area contributed by atoms with Crippen molar-refractivity contribution in [3.63, 3.8) is 0 Å². The number of carbonyl (C=O) groups excluding carboxylic acids is 2. The van der Waals surface area contributed by atoms with Gasteiger partial charge in [-0.3, -0.25) is 18.8 Å². The third kappa shape index (κ3) is 10.8. The van der Waals surface area contributed by atoms with Crippen molar-refractivity contribution in [3.8, 4) is 11.3 Å². The molecular formula is C43H59N5O6Si2. The number of nitrogens with one attached hydrogen (secondary N) is 1. The molecule has 0 bridgehead atoms. The van der Waals surface area contributed by atoms with Crippen LogP contribution >= 0.6 is 0 Å². The Labute approximate surface area is 333 Å². The first kappa shape index (κ1) is 42.6. The molecule has 5 rings (SSSR count). The van der Waals surface area contributed by atoms with Gasteiger partial charge >= 0.3 is 6.09 Å². The molecule has 5 aromatic rings. The molecule has 0 saturated heterocycles. The number of nitrogens with zero attached hydrogens (tertiary/aromatic N) is 4. The smallest absolute Gasteiger partial charge is 0.419 e. The van der Waals surface area contributed by atoms with Crippen LogP contribution in [-0.4, -0.2) is 59.5 Å². The summed E-state index contributed by atoms with van der Waals surface area (Å²) in [6.07, 6.45) is 4.16. The first-order chi connectivity index (χ1) is 26.0. The third-order valence-electron chi connectivity index (χ3n) is 10.1. The van der Waals surface area contributed by atoms with Gasteiger partial charge in [-0.1, -0.05) is 76.3 Å². The number of pyridine rings is 1. The quantitative estimate of drug-likeness (QED) is 0.0931. The van der Waals surface area contributed by atoms with E-state index >= 15 is 0 Å². The Morgan fingerprint density at radius 3 is 2.20 bits per heavy atom. The maximum Gasteiger partial charge on any atom is 0.419 e. The average molecular weight is 798 g/mol. The molecule has 0 spiro atoms. The highest BCUT2D eigenvalue weighted by atomic mass is 28.4. The van der Waals surface area contributed by atoms with Crippen molar-refractivity contribution in [2.75, 3.05) is 11.9 Å². The minimum atomic E-state index is -2.03. The number of amides is 1. The summed E-state index contributed by atoms with van der Waals surface area (Å²) in [7, 11) is -3.43. The van der Waals surface area contributed by atoms with Gasteiger partial charge in [0.15, 0.2) is 8.32 Å². The summed E-state index contributed by atoms with van der Waals surface area (Å²) >= 11 is 0. The molecule has 1 amide bonds. The minimum Gasteiger partial charge on any atom is -0.443 e. The first-order valence-electron chi connectivity index (χ1n) is 19.2. The van der Waals surface area contributed by atoms with E-state index in [0.29, 0.717) is 42.2 Å². The van der Waals surface area contributed by atoms with E-state index in [0.717, 1.165) is 22.6 Å². The molecule has 0 saturated carbocycles. The van der Waals surface area contributed by atoms with Crippen LogP contribution in [0.4, 0.5) is 10.5 Å². The number of hydrogen-bond donors (Lipinski definition) is 1. The Balaban J connectivity index is 1.56. The maximum absolute atomic E-state index is 14.4. The Hall–Kier alpha value is -4.57. The third-order valence-corrected chi connectivity index (χ3v) is 16.2. The van der Waals surface area contributed by atoms with Crippen molar-refractivity contribution < 1.29 is 23.5 Å². The lowest BCUT2D eigenvalue weighted by atomic mass is 10.1. The summed E-state index contributed by atoms with van der Waals surface area (Å²) in [6.45, 7) is 26.7. The predicted molar refractivity (Wildman–Crippen MR) is 230 cm³/mol. The molecule has 2 aromatic carbocycles. The second kappa shape index (κ2) is 16.5. The fraction of sp³-hybridized carbons (Fsp3) is 0.442. The van der Waals surface area contributed by atoms with Crippen molar-refractivity contribution in [1.29, 1.82) is 0 Å². The molecule has 300 valence electrons. The molecule has 3 aromatic heterocycles. The standard InChI is InChI=1S/C43H59N5O6Si2/c1-30-13-15-31(16-14-30)25-47-26-34(24-44-47)39(49)45-35-23-36(40(50)46(27-35)29-52-19-20-55(8,9)10)38-22-33-21-32(28-53-56(11,12)43(5,6)7)17-18-37(33)48(38)41(51)54-42(2,3)4/h13-18,21-24,26-27H,19-20,25,28-29H2,1-12H3,(H,45,49). The molecule has 0 aliphatic carbocycles. The van der Waals surface area contributed by atoms with E-state index in [1.165, 1.54) is 20.9 Å². The number of hydrogen-bond acceptors (Lipinski definition) is 7. The van der Waals surface area contributed by atoms with Crippen LogP contribution in [0.25, 0.3) is 22.2 Å². The topological polar surface area (TPSA) is 119 Å². The number of benzene rings is 2. The molecule has 0 aliphatic rings. The number of aromatic nitrogens is 4. The molecule has 3 heterocycles. The lowest BCUT2D eigenvalue weighted by Gasteiger charge is -2.36. The summed E-state index contributed by atoms with van der Waals surface area (Å²) in [6, 6.07) is 18.3. The zero-order chi connectivity index (χ0) is 41.2. The van der Waals surface area contributed by atoms with Crippen molar-refractivity contribution in [1.82, 2.24) is 18.9 Å². The van der Waals surface area contributed by atoms with E-state index < -0.39 is 34.0 Å². The maximum atomic E-state index is 14.4. The van der Waals surface area contributed by atoms with E-state index in [4.69, 9.17) is 13.9 Å². The number of ether oxygens (including phenoxy) is 2. The number of rotatable bonds is 13. The number of anilines is 1. The highest BCUT2D eigenvalue weighted by molar-refractivity contribution is 6.76. The van der Waals surface area contributed by atoms with Crippen LogP contribution < -0.4 is 10.9 Å². The zero-order valence-corrected chi connectivity index (χ0v) is 37.2. The van der Waals surface area contributed by atoms with Crippen LogP contribution in [0.1, 0.15) is 68.6 Å². The van der Waals surface area contributed by atoms with Crippen LogP contribution in [0, 0.1) is 6.92 Å². The highest BCUT2D eigenvalue weighted by Gasteiger charge is 2.37. The highest BCUT2D eigenvalue weighted by Crippen LogP contribution is 2.37. The largest absolute Gasteiger partial charge is 0.443 e. The molecule has 0 fully saturated rings. The van der Waals surface area contributed by atoms with Crippen molar-refractivity contribution in [2.45, 2.75) is 118 Å². The monoisotopic (exact) mass is 797 g/mol. The van der Waals surface area contributed by atoms with Gasteiger partial charge in [0.25, 0.3) is 11.5 Å². The summed E-state index contributed by atoms with van der Waals surface area (Å²) in [4.78, 5) is 42.0. The molecule has 0 atom stereocenters. The molecule has 56 heavy (non-hydrogen) atoms. The fourth-order valence-corrected chi connectivity index (χ4v) is 7.43. The van der Waals surface area contributed by atoms with Crippen molar-refractivity contribution in [3.05, 3.63) is 106 Å². The summed E-state index contributed by atoms with van der Waals surface area (Å²) < 4.78 is 23.0. The van der Waals surface area contributed by atoms with Gasteiger partial charge in [-0.2, -0.15) is 5.10 Å². The van der Waals surface area contributed by atoms with E-state index in [-0.39, 0.29) is 22.9 Å². The normalized spacial score (nSPS) is 12.6. The molecule has 0 aliphatic heterocycles. The molecular weight excluding hydrogens is 739 g/mol. The van der Waals surface area contributed by atoms with Gasteiger partial charge in [-0.05, 0) is 87.3 Å². The van der Waals surface area contributed by atoms with E-state index in [2.05, 4.69) is 63.9 Å². The van der Waals surface area contributed by atoms with Crippen LogP contribution in [0.3, 0.4) is 0 Å². The van der Waals surface area contributed by atoms with Gasteiger partial charge in [0.05, 0.1) is 47.4 Å². The van der Waals surface area contributed by atoms with Gasteiger partial charge in [0.2, 0.25) is 0 Å². The van der Waals surface area contributed by atoms with E-state index in [9.17, 15) is 14.4 Å². The van der Waals surface area contributed by atoms with Gasteiger partial charge in [0.1, 0.15) is 12.3 Å². The van der Waals surface area contributed by atoms with Gasteiger partial charge in [-0.25, -0.2) is 9.36 Å². The van der Waals surface area contributed by atoms with Crippen LogP contribution in [0.15, 0.2) is 78.0 Å². The lowest BCUT2D eigenvalue weighted by molar-refractivity contribution is 0.0547. The van der Waals surface area contributed by atoms with Gasteiger partial charge in [0, 0.05) is 32.5 Å². The Morgan fingerprint density at radius 1 is 0.875 bits per heavy atom. The van der Waals surface area contributed by atoms with Gasteiger partial charge in [-0.15, -0.1) is 0 Å². The molecule has 13 heteroatoms. The summed E-state index contributed by atoms with van der Waals surface area (Å²) in [5.74, 6) is -0.394. The molecule has 0 radical (unpaired) electrons. The lowest BCUT2D eigenvalue weighted by Crippen LogP contribution is -2.40. The first-order valence-corrected chi connectivity index (χ1v) is 25.8. The Bertz CT molecular complexity index is 2250. The van der Waals surface area contributed by atoms with Crippen molar-refractivity contribution in [2.24, 2.45) is 0 Å². The zero-order valence-electron chi connectivity index (χ0n) is 35.2. The SMILES string of the molecule is Cc1ccc(Cn2cc(C(=O)Nc3cc(-c4cc5cc(CO[Si](C)(C)C(C)(C)C)ccc5n4C(=O)OC(C)(C)C)c(=O)n(COCC[Si](C)(C)C)c3)cn2)cc1. The molecule has 0 unspecified atom stereocenters. The summed E-state index contributed by atoms with van der Waals surface area (Å²) in [5.41, 5.74) is 3.83. The van der Waals surface area contributed by atoms with Crippen LogP contribution in [0.2, 0.25) is 43.8 Å². The minimum absolute atomic E-state index is 0.0316. The second-order valence-corrected chi connectivity index (χ2v) is 28.8. The summed E-state index contributed by atoms with van der Waals surface area (Å²) in [5, 5.41) is 8.18. The van der Waals surface area contributed by atoms with Crippen LogP contribution in [0.5, 0.6) is 0 Å². The van der Waals surface area contributed by atoms with E-state index in [1.54, 1.807) is 43.9 Å².